The first-order chi connectivity index (χ1) is 31.3. The van der Waals surface area contributed by atoms with Crippen molar-refractivity contribution in [2.75, 3.05) is 17.6 Å². The van der Waals surface area contributed by atoms with E-state index < -0.39 is 64.6 Å². The van der Waals surface area contributed by atoms with Crippen LogP contribution in [0.15, 0.2) is 126 Å². The Bertz CT molecular complexity index is 2540. The molecule has 4 amide bonds. The highest BCUT2D eigenvalue weighted by Crippen LogP contribution is 2.43. The van der Waals surface area contributed by atoms with Crippen LogP contribution in [0.4, 0.5) is 19.7 Å². The van der Waals surface area contributed by atoms with Crippen molar-refractivity contribution in [3.8, 4) is 5.75 Å². The topological polar surface area (TPSA) is 174 Å². The molecule has 344 valence electrons. The van der Waals surface area contributed by atoms with Gasteiger partial charge in [-0.05, 0) is 88.4 Å². The van der Waals surface area contributed by atoms with Crippen LogP contribution in [0.2, 0.25) is 0 Å². The molecule has 15 nitrogen and oxygen atoms in total. The van der Waals surface area contributed by atoms with E-state index in [-0.39, 0.29) is 41.9 Å². The summed E-state index contributed by atoms with van der Waals surface area (Å²) in [7, 11) is 0. The molecule has 4 aromatic rings. The molecular weight excluding hydrogens is 870 g/mol. The third kappa shape index (κ3) is 11.6. The number of nitrogens with one attached hydrogen (secondary N) is 2. The van der Waals surface area contributed by atoms with E-state index in [4.69, 9.17) is 18.9 Å². The predicted molar refractivity (Wildman–Crippen MR) is 241 cm³/mol. The number of anilines is 1. The van der Waals surface area contributed by atoms with Crippen LogP contribution in [-0.4, -0.2) is 80.7 Å². The number of thioether (sulfide) groups is 1. The number of hydrogen-bond donors (Lipinski definition) is 2. The average molecular weight is 921 g/mol. The van der Waals surface area contributed by atoms with Crippen molar-refractivity contribution < 1.29 is 56.7 Å². The molecule has 4 heterocycles. The van der Waals surface area contributed by atoms with E-state index in [1.807, 2.05) is 60.7 Å². The fraction of sp³-hybridized carbons (Fsp3) is 0.327. The van der Waals surface area contributed by atoms with Crippen molar-refractivity contribution >= 4 is 53.4 Å². The molecule has 0 bridgehead atoms. The van der Waals surface area contributed by atoms with E-state index in [1.54, 1.807) is 81.6 Å². The van der Waals surface area contributed by atoms with Crippen LogP contribution in [0.5, 0.6) is 5.75 Å². The molecule has 0 spiro atoms. The van der Waals surface area contributed by atoms with Gasteiger partial charge in [0.15, 0.2) is 18.5 Å². The number of alkyl carbamates (subject to hydrolysis) is 1. The second-order valence-corrected chi connectivity index (χ2v) is 18.9. The molecule has 3 aliphatic heterocycles. The van der Waals surface area contributed by atoms with Crippen molar-refractivity contribution in [1.82, 2.24) is 15.1 Å². The summed E-state index contributed by atoms with van der Waals surface area (Å²) < 4.78 is 38.2. The van der Waals surface area contributed by atoms with Crippen molar-refractivity contribution in [2.24, 2.45) is 0 Å². The molecule has 3 aliphatic rings. The molecular formula is C49H51FN5O10S+. The maximum absolute atomic E-state index is 14.8. The lowest BCUT2D eigenvalue weighted by Gasteiger charge is -2.49. The second-order valence-electron chi connectivity index (χ2n) is 17.8. The Kier molecular flexibility index (Phi) is 14.0. The van der Waals surface area contributed by atoms with Gasteiger partial charge in [0.1, 0.15) is 39.9 Å². The minimum Gasteiger partial charge on any atom is -0.448 e. The van der Waals surface area contributed by atoms with Gasteiger partial charge in [-0.15, -0.1) is 11.8 Å². The van der Waals surface area contributed by atoms with Crippen molar-refractivity contribution in [1.29, 1.82) is 0 Å². The number of aromatic nitrogens is 1. The minimum atomic E-state index is -0.985. The average Bonchev–Trinajstić information content (AvgIpc) is 3.59. The second kappa shape index (κ2) is 19.6. The number of esters is 1. The van der Waals surface area contributed by atoms with Crippen LogP contribution in [0.1, 0.15) is 70.8 Å². The zero-order chi connectivity index (χ0) is 47.3. The number of pyridine rings is 1. The van der Waals surface area contributed by atoms with E-state index >= 15 is 0 Å². The monoisotopic (exact) mass is 920 g/mol. The Balaban J connectivity index is 1.04. The summed E-state index contributed by atoms with van der Waals surface area (Å²) in [6.45, 7) is 10.7. The Hall–Kier alpha value is -7.01. The number of allylic oxidation sites excluding steroid dienone is 1. The quantitative estimate of drug-likeness (QED) is 0.0370. The summed E-state index contributed by atoms with van der Waals surface area (Å²) in [5.41, 5.74) is 1.45. The first-order valence-corrected chi connectivity index (χ1v) is 22.3. The molecule has 1 aromatic heterocycles. The summed E-state index contributed by atoms with van der Waals surface area (Å²) in [5, 5.41) is 4.55. The summed E-state index contributed by atoms with van der Waals surface area (Å²) in [5.74, 6) is -2.65. The normalized spacial score (nSPS) is 17.8. The van der Waals surface area contributed by atoms with Gasteiger partial charge in [0, 0.05) is 42.6 Å². The molecule has 2 saturated heterocycles. The number of hydrogen-bond acceptors (Lipinski definition) is 11. The lowest BCUT2D eigenvalue weighted by atomic mass is 10.00. The first-order valence-electron chi connectivity index (χ1n) is 21.3. The predicted octanol–water partition coefficient (Wildman–Crippen LogP) is 7.12. The number of carbonyl (C=O) groups excluding carboxylic acids is 6. The van der Waals surface area contributed by atoms with Crippen LogP contribution >= 0.6 is 11.8 Å². The maximum atomic E-state index is 14.8. The summed E-state index contributed by atoms with van der Waals surface area (Å²) in [4.78, 5) is 82.7. The summed E-state index contributed by atoms with van der Waals surface area (Å²) in [6.07, 6.45) is 2.85. The first kappa shape index (κ1) is 47.0. The molecule has 0 saturated carbocycles. The van der Waals surface area contributed by atoms with Gasteiger partial charge in [-0.3, -0.25) is 19.3 Å². The standard InChI is InChI=1S/C49H50FN5O10S/c1-48(2,3)64-46(60)52-39-43(58)55-40(45(59)63-41(31-13-9-7-10-14-31)32-15-11-8-12-16-32)34(29-66-44(39)55)25-33-21-24-54(42(33)57)27-30-19-22-53(23-20-30)28-38(56)51-37-18-17-35(26-36(37)50)62-47(61)65-49(4,5)6/h7-20,22-23,25-26,39,41,44H,21,24,27-29H2,1-6H3,(H-,51,52,56,60)/p+1/b33-25+/t39-,44-/m1/s1. The minimum absolute atomic E-state index is 0.00483. The fourth-order valence-corrected chi connectivity index (χ4v) is 8.70. The Morgan fingerprint density at radius 1 is 0.879 bits per heavy atom. The highest BCUT2D eigenvalue weighted by Gasteiger charge is 2.55. The maximum Gasteiger partial charge on any atom is 0.514 e. The third-order valence-electron chi connectivity index (χ3n) is 10.3. The molecule has 0 unspecified atom stereocenters. The Morgan fingerprint density at radius 2 is 1.52 bits per heavy atom. The van der Waals surface area contributed by atoms with Gasteiger partial charge < -0.3 is 34.5 Å². The number of ether oxygens (including phenoxy) is 4. The lowest BCUT2D eigenvalue weighted by molar-refractivity contribution is -0.684. The fourth-order valence-electron chi connectivity index (χ4n) is 7.39. The van der Waals surface area contributed by atoms with Gasteiger partial charge in [-0.25, -0.2) is 18.8 Å². The molecule has 2 fully saturated rings. The van der Waals surface area contributed by atoms with Gasteiger partial charge in [-0.2, -0.15) is 4.57 Å². The van der Waals surface area contributed by atoms with E-state index in [0.717, 1.165) is 22.8 Å². The number of fused-ring (bicyclic) bond motifs is 1. The van der Waals surface area contributed by atoms with Crippen LogP contribution in [0.25, 0.3) is 0 Å². The van der Waals surface area contributed by atoms with E-state index in [9.17, 15) is 33.2 Å². The zero-order valence-electron chi connectivity index (χ0n) is 37.4. The van der Waals surface area contributed by atoms with Crippen LogP contribution in [0, 0.1) is 5.82 Å². The molecule has 0 aliphatic carbocycles. The molecule has 66 heavy (non-hydrogen) atoms. The number of carbonyl (C=O) groups is 6. The smallest absolute Gasteiger partial charge is 0.448 e. The van der Waals surface area contributed by atoms with Crippen molar-refractivity contribution in [2.45, 2.75) is 89.8 Å². The van der Waals surface area contributed by atoms with Crippen LogP contribution < -0.4 is 19.9 Å². The Morgan fingerprint density at radius 3 is 2.12 bits per heavy atom. The highest BCUT2D eigenvalue weighted by molar-refractivity contribution is 8.00. The lowest BCUT2D eigenvalue weighted by Crippen LogP contribution is -2.70. The van der Waals surface area contributed by atoms with E-state index in [2.05, 4.69) is 10.6 Å². The molecule has 7 rings (SSSR count). The number of likely N-dealkylation sites (tertiary alicyclic amines) is 1. The van der Waals surface area contributed by atoms with Gasteiger partial charge >= 0.3 is 18.2 Å². The summed E-state index contributed by atoms with van der Waals surface area (Å²) >= 11 is 1.35. The van der Waals surface area contributed by atoms with Crippen molar-refractivity contribution in [3.63, 3.8) is 0 Å². The van der Waals surface area contributed by atoms with Gasteiger partial charge in [0.05, 0.1) is 5.69 Å². The Labute approximate surface area is 385 Å². The zero-order valence-corrected chi connectivity index (χ0v) is 38.2. The van der Waals surface area contributed by atoms with Crippen LogP contribution in [0.3, 0.4) is 0 Å². The van der Waals surface area contributed by atoms with Crippen LogP contribution in [-0.2, 0) is 46.5 Å². The third-order valence-corrected chi connectivity index (χ3v) is 11.6. The molecule has 2 atom stereocenters. The molecule has 3 aromatic carbocycles. The van der Waals surface area contributed by atoms with Gasteiger partial charge in [-0.1, -0.05) is 60.7 Å². The number of halogens is 1. The summed E-state index contributed by atoms with van der Waals surface area (Å²) in [6, 6.07) is 24.7. The van der Waals surface area contributed by atoms with Gasteiger partial charge in [0.25, 0.3) is 11.8 Å². The number of benzene rings is 3. The van der Waals surface area contributed by atoms with Gasteiger partial charge in [0.2, 0.25) is 12.5 Å². The largest absolute Gasteiger partial charge is 0.514 e. The molecule has 17 heteroatoms. The number of nitrogens with zero attached hydrogens (tertiary/aromatic N) is 3. The highest BCUT2D eigenvalue weighted by atomic mass is 32.2. The van der Waals surface area contributed by atoms with E-state index in [1.165, 1.54) is 28.8 Å². The van der Waals surface area contributed by atoms with Crippen molar-refractivity contribution in [3.05, 3.63) is 149 Å². The van der Waals surface area contributed by atoms with E-state index in [0.29, 0.717) is 24.1 Å². The molecule has 2 N–H and O–H groups in total. The molecule has 0 radical (unpaired) electrons. The number of β-lactam (4-membered cyclic amide) rings is 1. The SMILES string of the molecule is CC(C)(C)OC(=O)N[C@@H]1C(=O)N2C(C(=O)OC(c3ccccc3)c3ccccc3)=C(/C=C3\CCN(Cc4cc[n+](CC(=O)Nc5ccc(OC(=O)OC(C)(C)C)cc5F)cc4)C3=O)CS[C@H]12. The number of amides is 4. The number of rotatable bonds is 12.